The van der Waals surface area contributed by atoms with Crippen LogP contribution in [0.15, 0.2) is 30.9 Å². The van der Waals surface area contributed by atoms with Crippen LogP contribution in [0.3, 0.4) is 0 Å². The number of nitrogens with two attached hydrogens (primary N) is 1. The molecule has 37 heavy (non-hydrogen) atoms. The first-order valence-electron chi connectivity index (χ1n) is 12.0. The Morgan fingerprint density at radius 3 is 2.57 bits per heavy atom. The summed E-state index contributed by atoms with van der Waals surface area (Å²) in [5, 5.41) is 20.9. The zero-order valence-electron chi connectivity index (χ0n) is 21.6. The van der Waals surface area contributed by atoms with E-state index in [9.17, 15) is 14.7 Å². The van der Waals surface area contributed by atoms with Crippen LogP contribution in [0.1, 0.15) is 72.9 Å². The molecule has 0 aromatic carbocycles. The summed E-state index contributed by atoms with van der Waals surface area (Å²) in [7, 11) is 1.72. The Hall–Kier alpha value is -4.19. The molecular formula is C25H31N9O3. The van der Waals surface area contributed by atoms with Crippen molar-refractivity contribution in [3.63, 3.8) is 0 Å². The van der Waals surface area contributed by atoms with Gasteiger partial charge in [0.15, 0.2) is 11.4 Å². The second-order valence-electron chi connectivity index (χ2n) is 9.51. The summed E-state index contributed by atoms with van der Waals surface area (Å²) in [6.45, 7) is 6.78. The number of amides is 1. The maximum atomic E-state index is 12.7. The predicted molar refractivity (Wildman–Crippen MR) is 137 cm³/mol. The number of carbonyl (C=O) groups excluding carboxylic acids is 2. The fourth-order valence-corrected chi connectivity index (χ4v) is 4.36. The van der Waals surface area contributed by atoms with Crippen molar-refractivity contribution in [2.45, 2.75) is 58.6 Å². The van der Waals surface area contributed by atoms with Crippen molar-refractivity contribution in [1.29, 1.82) is 0 Å². The minimum atomic E-state index is -1.07. The number of nitrogens with one attached hydrogen (secondary N) is 1. The fourth-order valence-electron chi connectivity index (χ4n) is 4.36. The number of nitrogens with zero attached hydrogens (tertiary/aromatic N) is 7. The SMILES string of the molecule is CCC(CCc1nc2c(-c3ccc(C(C)(C)O)nc3)cnn2c(N)c1C(C)=O)N(C)C(=O)c1ncn[nH]1. The monoisotopic (exact) mass is 505 g/mol. The normalized spacial score (nSPS) is 12.6. The summed E-state index contributed by atoms with van der Waals surface area (Å²) in [5.41, 5.74) is 8.68. The molecule has 0 saturated carbocycles. The zero-order chi connectivity index (χ0) is 26.9. The van der Waals surface area contributed by atoms with E-state index in [1.165, 1.54) is 17.8 Å². The quantitative estimate of drug-likeness (QED) is 0.289. The van der Waals surface area contributed by atoms with E-state index in [0.717, 1.165) is 5.56 Å². The van der Waals surface area contributed by atoms with Gasteiger partial charge in [0.2, 0.25) is 5.82 Å². The molecule has 1 unspecified atom stereocenters. The highest BCUT2D eigenvalue weighted by Gasteiger charge is 2.25. The lowest BCUT2D eigenvalue weighted by Crippen LogP contribution is -2.37. The number of aliphatic hydroxyl groups is 1. The van der Waals surface area contributed by atoms with Gasteiger partial charge in [-0.25, -0.2) is 9.97 Å². The first-order chi connectivity index (χ1) is 17.5. The third-order valence-electron chi connectivity index (χ3n) is 6.48. The molecule has 0 saturated heterocycles. The van der Waals surface area contributed by atoms with Crippen molar-refractivity contribution in [2.24, 2.45) is 0 Å². The minimum Gasteiger partial charge on any atom is -0.384 e. The number of fused-ring (bicyclic) bond motifs is 1. The van der Waals surface area contributed by atoms with Crippen LogP contribution in [0.4, 0.5) is 5.82 Å². The number of ketones is 1. The van der Waals surface area contributed by atoms with E-state index in [1.807, 2.05) is 13.0 Å². The van der Waals surface area contributed by atoms with Gasteiger partial charge in [-0.1, -0.05) is 13.0 Å². The molecule has 4 aromatic heterocycles. The molecule has 0 aliphatic rings. The third-order valence-corrected chi connectivity index (χ3v) is 6.48. The lowest BCUT2D eigenvalue weighted by atomic mass is 10.0. The van der Waals surface area contributed by atoms with E-state index in [4.69, 9.17) is 10.7 Å². The van der Waals surface area contributed by atoms with Crippen molar-refractivity contribution in [2.75, 3.05) is 12.8 Å². The second kappa shape index (κ2) is 10.1. The Morgan fingerprint density at radius 1 is 1.24 bits per heavy atom. The molecule has 0 fully saturated rings. The molecule has 0 bridgehead atoms. The summed E-state index contributed by atoms with van der Waals surface area (Å²) in [5.74, 6) is -0.102. The van der Waals surface area contributed by atoms with E-state index in [0.29, 0.717) is 47.4 Å². The molecule has 4 heterocycles. The number of pyridine rings is 1. The average molecular weight is 506 g/mol. The van der Waals surface area contributed by atoms with E-state index < -0.39 is 5.60 Å². The van der Waals surface area contributed by atoms with Gasteiger partial charge in [-0.05, 0) is 46.1 Å². The Kier molecular flexibility index (Phi) is 7.03. The van der Waals surface area contributed by atoms with Gasteiger partial charge in [0.25, 0.3) is 5.91 Å². The summed E-state index contributed by atoms with van der Waals surface area (Å²) in [4.78, 5) is 40.1. The van der Waals surface area contributed by atoms with Crippen molar-refractivity contribution >= 4 is 23.2 Å². The number of anilines is 1. The molecule has 1 atom stereocenters. The van der Waals surface area contributed by atoms with Crippen molar-refractivity contribution < 1.29 is 14.7 Å². The van der Waals surface area contributed by atoms with Crippen molar-refractivity contribution in [1.82, 2.24) is 39.7 Å². The molecule has 12 nitrogen and oxygen atoms in total. The maximum absolute atomic E-state index is 12.7. The van der Waals surface area contributed by atoms with E-state index in [1.54, 1.807) is 44.3 Å². The molecule has 4 N–H and O–H groups in total. The topological polar surface area (TPSA) is 168 Å². The number of hydrogen-bond acceptors (Lipinski definition) is 9. The number of aryl methyl sites for hydroxylation is 1. The lowest BCUT2D eigenvalue weighted by molar-refractivity contribution is 0.0706. The zero-order valence-corrected chi connectivity index (χ0v) is 21.6. The Bertz CT molecular complexity index is 1420. The second-order valence-corrected chi connectivity index (χ2v) is 9.51. The Labute approximate surface area is 214 Å². The maximum Gasteiger partial charge on any atom is 0.291 e. The van der Waals surface area contributed by atoms with Gasteiger partial charge < -0.3 is 15.7 Å². The molecule has 0 aliphatic carbocycles. The van der Waals surface area contributed by atoms with Crippen LogP contribution in [-0.2, 0) is 12.0 Å². The van der Waals surface area contributed by atoms with Crippen LogP contribution in [0.25, 0.3) is 16.8 Å². The Morgan fingerprint density at radius 2 is 2.00 bits per heavy atom. The van der Waals surface area contributed by atoms with Crippen LogP contribution < -0.4 is 5.73 Å². The van der Waals surface area contributed by atoms with Gasteiger partial charge in [-0.3, -0.25) is 19.7 Å². The van der Waals surface area contributed by atoms with Gasteiger partial charge in [0.05, 0.1) is 23.1 Å². The smallest absolute Gasteiger partial charge is 0.291 e. The number of hydrogen-bond donors (Lipinski definition) is 3. The van der Waals surface area contributed by atoms with Crippen molar-refractivity contribution in [3.8, 4) is 11.1 Å². The van der Waals surface area contributed by atoms with E-state index in [2.05, 4.69) is 25.3 Å². The van der Waals surface area contributed by atoms with Gasteiger partial charge >= 0.3 is 0 Å². The van der Waals surface area contributed by atoms with Gasteiger partial charge in [0.1, 0.15) is 17.7 Å². The number of rotatable bonds is 9. The van der Waals surface area contributed by atoms with Crippen molar-refractivity contribution in [3.05, 3.63) is 53.6 Å². The molecule has 194 valence electrons. The summed E-state index contributed by atoms with van der Waals surface area (Å²) in [6, 6.07) is 3.46. The molecule has 1 amide bonds. The first-order valence-corrected chi connectivity index (χ1v) is 12.0. The van der Waals surface area contributed by atoms with Gasteiger partial charge in [-0.15, -0.1) is 0 Å². The highest BCUT2D eigenvalue weighted by atomic mass is 16.3. The van der Waals surface area contributed by atoms with Crippen LogP contribution in [0.5, 0.6) is 0 Å². The molecule has 4 rings (SSSR count). The van der Waals surface area contributed by atoms with Gasteiger partial charge in [-0.2, -0.15) is 14.7 Å². The van der Waals surface area contributed by atoms with E-state index >= 15 is 0 Å². The Balaban J connectivity index is 1.68. The number of nitrogen functional groups attached to an aromatic ring is 1. The fraction of sp³-hybridized carbons (Fsp3) is 0.400. The van der Waals surface area contributed by atoms with Crippen LogP contribution >= 0.6 is 0 Å². The standard InChI is InChI=1S/C25H31N9O3/c1-6-16(33(5)24(36)22-28-13-29-32-22)8-9-18-20(14(2)35)21(26)34-23(31-18)17(12-30-34)15-7-10-19(27-11-15)25(3,4)37/h7,10-13,16,37H,6,8-9,26H2,1-5H3,(H,28,29,32). The summed E-state index contributed by atoms with van der Waals surface area (Å²) < 4.78 is 1.45. The van der Waals surface area contributed by atoms with Crippen LogP contribution in [-0.4, -0.2) is 69.5 Å². The summed E-state index contributed by atoms with van der Waals surface area (Å²) in [6.07, 6.45) is 6.24. The van der Waals surface area contributed by atoms with Gasteiger partial charge in [0, 0.05) is 30.4 Å². The highest BCUT2D eigenvalue weighted by molar-refractivity contribution is 6.00. The number of Topliss-reactive ketones (excluding diaryl/α,β-unsaturated/α-hetero) is 1. The average Bonchev–Trinajstić information content (AvgIpc) is 3.54. The molecule has 4 aromatic rings. The largest absolute Gasteiger partial charge is 0.384 e. The number of aromatic nitrogens is 7. The predicted octanol–water partition coefficient (Wildman–Crippen LogP) is 2.40. The van der Waals surface area contributed by atoms with E-state index in [-0.39, 0.29) is 29.4 Å². The van der Waals surface area contributed by atoms with Crippen LogP contribution in [0.2, 0.25) is 0 Å². The molecular weight excluding hydrogens is 474 g/mol. The number of aromatic amines is 1. The first kappa shape index (κ1) is 25.9. The molecule has 12 heteroatoms. The summed E-state index contributed by atoms with van der Waals surface area (Å²) >= 11 is 0. The number of carbonyl (C=O) groups is 2. The molecule has 0 aliphatic heterocycles. The third kappa shape index (κ3) is 5.05. The lowest BCUT2D eigenvalue weighted by Gasteiger charge is -2.26. The minimum absolute atomic E-state index is 0.125. The van der Waals surface area contributed by atoms with Crippen LogP contribution in [0, 0.1) is 0 Å². The number of H-pyrrole nitrogens is 1. The highest BCUT2D eigenvalue weighted by Crippen LogP contribution is 2.29. The molecule has 0 radical (unpaired) electrons. The molecule has 0 spiro atoms.